The maximum atomic E-state index is 12.7. The first-order valence-corrected chi connectivity index (χ1v) is 27.6. The van der Waals surface area contributed by atoms with Gasteiger partial charge in [-0.1, -0.05) is 208 Å². The number of esters is 1. The predicted molar refractivity (Wildman–Crippen MR) is 275 cm³/mol. The van der Waals surface area contributed by atoms with Crippen molar-refractivity contribution in [1.82, 2.24) is 0 Å². The van der Waals surface area contributed by atoms with E-state index in [9.17, 15) is 14.3 Å². The summed E-state index contributed by atoms with van der Waals surface area (Å²) in [5.41, 5.74) is 5.39. The van der Waals surface area contributed by atoms with Gasteiger partial charge in [0.25, 0.3) is 0 Å². The first-order valence-electron chi connectivity index (χ1n) is 26.1. The standard InChI is InChI=1S/C55H98NO7P/c1-3-5-7-9-11-13-15-17-19-21-23-25-27-28-30-32-34-36-38-40-42-44-46-48-55(57)63-54(53-62-64(58,59)61-51-49-56)52-60-50-47-45-43-41-39-37-35-33-31-29-26-24-22-20-18-16-14-12-10-8-6-4-2/h6,8,12,14,18,20-21,23-24,26,31,33,37,39,54H,3-5,7,9-11,13,15-17,19,22,25,27-30,32,34-36,38,40-53,56H2,1-2H3,(H,58,59)/b8-6-,14-12-,20-18-,23-21-,26-24-,33-31-,39-37-. The molecule has 2 atom stereocenters. The number of allylic oxidation sites excluding steroid dienone is 14. The lowest BCUT2D eigenvalue weighted by Crippen LogP contribution is -2.28. The molecule has 0 bridgehead atoms. The van der Waals surface area contributed by atoms with E-state index in [0.29, 0.717) is 13.0 Å². The van der Waals surface area contributed by atoms with Crippen LogP contribution in [0, 0.1) is 0 Å². The molecule has 0 heterocycles. The summed E-state index contributed by atoms with van der Waals surface area (Å²) in [5, 5.41) is 0. The number of ether oxygens (including phenoxy) is 2. The van der Waals surface area contributed by atoms with Crippen LogP contribution < -0.4 is 5.73 Å². The van der Waals surface area contributed by atoms with E-state index in [1.54, 1.807) is 0 Å². The van der Waals surface area contributed by atoms with E-state index in [2.05, 4.69) is 98.9 Å². The summed E-state index contributed by atoms with van der Waals surface area (Å²) in [7, 11) is -4.30. The number of carbonyl (C=O) groups excluding carboxylic acids is 1. The molecule has 3 N–H and O–H groups in total. The van der Waals surface area contributed by atoms with Gasteiger partial charge in [-0.05, 0) is 89.9 Å². The number of unbranched alkanes of at least 4 members (excludes halogenated alkanes) is 22. The van der Waals surface area contributed by atoms with E-state index >= 15 is 0 Å². The first kappa shape index (κ1) is 61.7. The van der Waals surface area contributed by atoms with Crippen molar-refractivity contribution >= 4 is 13.8 Å². The van der Waals surface area contributed by atoms with Gasteiger partial charge in [-0.15, -0.1) is 0 Å². The summed E-state index contributed by atoms with van der Waals surface area (Å²) < 4.78 is 33.6. The normalized spacial score (nSPS) is 14.0. The lowest BCUT2D eigenvalue weighted by atomic mass is 10.0. The van der Waals surface area contributed by atoms with Crippen molar-refractivity contribution in [3.8, 4) is 0 Å². The van der Waals surface area contributed by atoms with Crippen LogP contribution >= 0.6 is 7.82 Å². The third kappa shape index (κ3) is 50.7. The molecular weight excluding hydrogens is 818 g/mol. The van der Waals surface area contributed by atoms with Crippen molar-refractivity contribution in [3.05, 3.63) is 85.1 Å². The minimum absolute atomic E-state index is 0.0895. The van der Waals surface area contributed by atoms with Gasteiger partial charge in [0.05, 0.1) is 19.8 Å². The number of phosphoric acid groups is 1. The number of carbonyl (C=O) groups is 1. The van der Waals surface area contributed by atoms with Crippen molar-refractivity contribution in [2.24, 2.45) is 5.73 Å². The van der Waals surface area contributed by atoms with Gasteiger partial charge in [0.1, 0.15) is 6.10 Å². The van der Waals surface area contributed by atoms with Gasteiger partial charge in [0, 0.05) is 19.6 Å². The van der Waals surface area contributed by atoms with Crippen LogP contribution in [0.25, 0.3) is 0 Å². The Bertz CT molecular complexity index is 1260. The molecule has 0 spiro atoms. The fraction of sp³-hybridized carbons (Fsp3) is 0.727. The Kier molecular flexibility index (Phi) is 49.8. The molecule has 8 nitrogen and oxygen atoms in total. The number of phosphoric ester groups is 1. The lowest BCUT2D eigenvalue weighted by Gasteiger charge is -2.20. The van der Waals surface area contributed by atoms with E-state index in [0.717, 1.165) is 83.5 Å². The molecule has 0 aromatic heterocycles. The summed E-state index contributed by atoms with van der Waals surface area (Å²) in [6.07, 6.45) is 67.7. The van der Waals surface area contributed by atoms with Crippen molar-refractivity contribution < 1.29 is 32.8 Å². The fourth-order valence-corrected chi connectivity index (χ4v) is 7.76. The van der Waals surface area contributed by atoms with Crippen LogP contribution in [0.15, 0.2) is 85.1 Å². The highest BCUT2D eigenvalue weighted by molar-refractivity contribution is 7.47. The molecular formula is C55H98NO7P. The number of nitrogens with two attached hydrogens (primary N) is 1. The molecule has 0 aromatic carbocycles. The Balaban J connectivity index is 4.02. The third-order valence-corrected chi connectivity index (χ3v) is 11.8. The van der Waals surface area contributed by atoms with E-state index in [1.807, 2.05) is 0 Å². The molecule has 0 saturated heterocycles. The molecule has 0 aliphatic carbocycles. The van der Waals surface area contributed by atoms with Crippen molar-refractivity contribution in [1.29, 1.82) is 0 Å². The van der Waals surface area contributed by atoms with Gasteiger partial charge >= 0.3 is 13.8 Å². The topological polar surface area (TPSA) is 117 Å². The third-order valence-electron chi connectivity index (χ3n) is 10.8. The fourth-order valence-electron chi connectivity index (χ4n) is 7.00. The first-order chi connectivity index (χ1) is 31.4. The highest BCUT2D eigenvalue weighted by Crippen LogP contribution is 2.43. The van der Waals surface area contributed by atoms with E-state index in [-0.39, 0.29) is 32.3 Å². The van der Waals surface area contributed by atoms with Crippen LogP contribution in [0.4, 0.5) is 0 Å². The van der Waals surface area contributed by atoms with E-state index < -0.39 is 13.9 Å². The zero-order chi connectivity index (χ0) is 46.5. The molecule has 2 unspecified atom stereocenters. The quantitative estimate of drug-likeness (QED) is 0.0268. The minimum atomic E-state index is -4.30. The monoisotopic (exact) mass is 916 g/mol. The summed E-state index contributed by atoms with van der Waals surface area (Å²) in [5.74, 6) is -0.344. The SMILES string of the molecule is CC/C=C\C/C=C\C/C=C\C/C=C\C/C=C\C/C=C\CCCCCOCC(COP(=O)(O)OCCN)OC(=O)CCCCCCCCCCCCC/C=C\CCCCCCCCCC. The van der Waals surface area contributed by atoms with Gasteiger partial charge in [0.15, 0.2) is 0 Å². The Labute approximate surface area is 394 Å². The van der Waals surface area contributed by atoms with Crippen LogP contribution in [-0.4, -0.2) is 49.9 Å². The molecule has 0 aliphatic heterocycles. The van der Waals surface area contributed by atoms with E-state index in [4.69, 9.17) is 24.3 Å². The molecule has 9 heteroatoms. The molecule has 0 radical (unpaired) electrons. The Morgan fingerprint density at radius 2 is 0.875 bits per heavy atom. The lowest BCUT2D eigenvalue weighted by molar-refractivity contribution is -0.154. The van der Waals surface area contributed by atoms with E-state index in [1.165, 1.54) is 116 Å². The largest absolute Gasteiger partial charge is 0.472 e. The molecule has 370 valence electrons. The molecule has 0 saturated carbocycles. The van der Waals surface area contributed by atoms with Crippen molar-refractivity contribution in [3.63, 3.8) is 0 Å². The molecule has 0 rings (SSSR count). The van der Waals surface area contributed by atoms with Gasteiger partial charge in [-0.3, -0.25) is 13.8 Å². The maximum Gasteiger partial charge on any atom is 0.472 e. The van der Waals surface area contributed by atoms with Gasteiger partial charge in [-0.2, -0.15) is 0 Å². The Morgan fingerprint density at radius 1 is 0.484 bits per heavy atom. The molecule has 64 heavy (non-hydrogen) atoms. The van der Waals surface area contributed by atoms with Crippen molar-refractivity contribution in [2.75, 3.05) is 33.0 Å². The zero-order valence-electron chi connectivity index (χ0n) is 41.2. The average molecular weight is 916 g/mol. The summed E-state index contributed by atoms with van der Waals surface area (Å²) in [4.78, 5) is 22.6. The number of hydrogen-bond acceptors (Lipinski definition) is 7. The van der Waals surface area contributed by atoms with Crippen LogP contribution in [0.5, 0.6) is 0 Å². The Hall–Kier alpha value is -2.32. The average Bonchev–Trinajstić information content (AvgIpc) is 3.29. The molecule has 0 amide bonds. The second-order valence-electron chi connectivity index (χ2n) is 17.0. The molecule has 0 aliphatic rings. The van der Waals surface area contributed by atoms with Crippen LogP contribution in [0.3, 0.4) is 0 Å². The molecule has 0 aromatic rings. The smallest absolute Gasteiger partial charge is 0.457 e. The van der Waals surface area contributed by atoms with Crippen LogP contribution in [-0.2, 0) is 27.9 Å². The predicted octanol–water partition coefficient (Wildman–Crippen LogP) is 16.4. The van der Waals surface area contributed by atoms with Crippen LogP contribution in [0.1, 0.15) is 219 Å². The summed E-state index contributed by atoms with van der Waals surface area (Å²) in [6, 6.07) is 0. The zero-order valence-corrected chi connectivity index (χ0v) is 42.1. The highest BCUT2D eigenvalue weighted by atomic mass is 31.2. The maximum absolute atomic E-state index is 12.7. The number of hydrogen-bond donors (Lipinski definition) is 2. The van der Waals surface area contributed by atoms with Crippen LogP contribution in [0.2, 0.25) is 0 Å². The van der Waals surface area contributed by atoms with Crippen molar-refractivity contribution in [2.45, 2.75) is 225 Å². The Morgan fingerprint density at radius 3 is 1.33 bits per heavy atom. The second-order valence-corrected chi connectivity index (χ2v) is 18.5. The number of rotatable bonds is 49. The summed E-state index contributed by atoms with van der Waals surface area (Å²) >= 11 is 0. The highest BCUT2D eigenvalue weighted by Gasteiger charge is 2.25. The molecule has 0 fully saturated rings. The van der Waals surface area contributed by atoms with Gasteiger partial charge in [0.2, 0.25) is 0 Å². The van der Waals surface area contributed by atoms with Gasteiger partial charge < -0.3 is 20.1 Å². The second kappa shape index (κ2) is 51.7. The minimum Gasteiger partial charge on any atom is -0.457 e. The van der Waals surface area contributed by atoms with Gasteiger partial charge in [-0.25, -0.2) is 4.57 Å². The summed E-state index contributed by atoms with van der Waals surface area (Å²) in [6.45, 7) is 4.73.